The van der Waals surface area contributed by atoms with Gasteiger partial charge in [0.1, 0.15) is 0 Å². The molecule has 0 spiro atoms. The van der Waals surface area contributed by atoms with Crippen molar-refractivity contribution in [2.75, 3.05) is 18.5 Å². The first-order chi connectivity index (χ1) is 10.0. The van der Waals surface area contributed by atoms with Gasteiger partial charge in [0.15, 0.2) is 0 Å². The number of nitrogens with one attached hydrogen (secondary N) is 1. The van der Waals surface area contributed by atoms with E-state index in [9.17, 15) is 9.90 Å². The molecule has 0 radical (unpaired) electrons. The van der Waals surface area contributed by atoms with Crippen molar-refractivity contribution in [3.05, 3.63) is 29.3 Å². The highest BCUT2D eigenvalue weighted by Crippen LogP contribution is 2.22. The van der Waals surface area contributed by atoms with E-state index in [1.54, 1.807) is 0 Å². The molecule has 4 nitrogen and oxygen atoms in total. The molecule has 1 aliphatic rings. The third kappa shape index (κ3) is 4.05. The summed E-state index contributed by atoms with van der Waals surface area (Å²) in [6, 6.07) is 6.48. The minimum absolute atomic E-state index is 0.00541. The van der Waals surface area contributed by atoms with E-state index in [-0.39, 0.29) is 18.6 Å². The van der Waals surface area contributed by atoms with Crippen molar-refractivity contribution in [1.29, 1.82) is 0 Å². The lowest BCUT2D eigenvalue weighted by Gasteiger charge is -2.39. The van der Waals surface area contributed by atoms with Crippen LogP contribution in [0.15, 0.2) is 18.2 Å². The highest BCUT2D eigenvalue weighted by molar-refractivity contribution is 5.93. The number of nitrogens with zero attached hydrogens (tertiary/aromatic N) is 1. The van der Waals surface area contributed by atoms with E-state index in [2.05, 4.69) is 23.2 Å². The molecule has 0 saturated carbocycles. The van der Waals surface area contributed by atoms with Crippen LogP contribution >= 0.6 is 0 Å². The summed E-state index contributed by atoms with van der Waals surface area (Å²) < 4.78 is 0. The van der Waals surface area contributed by atoms with Crippen LogP contribution in [0.1, 0.15) is 37.3 Å². The number of hydrogen-bond acceptors (Lipinski definition) is 3. The zero-order valence-corrected chi connectivity index (χ0v) is 13.2. The van der Waals surface area contributed by atoms with Crippen LogP contribution in [0.25, 0.3) is 0 Å². The number of amides is 1. The largest absolute Gasteiger partial charge is 0.395 e. The van der Waals surface area contributed by atoms with Gasteiger partial charge in [-0.15, -0.1) is 0 Å². The van der Waals surface area contributed by atoms with Gasteiger partial charge in [-0.1, -0.05) is 24.1 Å². The average Bonchev–Trinajstić information content (AvgIpc) is 2.44. The van der Waals surface area contributed by atoms with Crippen LogP contribution in [0.3, 0.4) is 0 Å². The van der Waals surface area contributed by atoms with Crippen molar-refractivity contribution in [2.24, 2.45) is 0 Å². The van der Waals surface area contributed by atoms with Crippen LogP contribution in [0.4, 0.5) is 5.69 Å². The number of benzene rings is 1. The summed E-state index contributed by atoms with van der Waals surface area (Å²) in [6.07, 6.45) is 3.19. The molecule has 0 aliphatic carbocycles. The Morgan fingerprint density at radius 3 is 2.81 bits per heavy atom. The Bertz CT molecular complexity index is 502. The molecule has 0 aromatic heterocycles. The van der Waals surface area contributed by atoms with Gasteiger partial charge in [0.2, 0.25) is 5.91 Å². The number of carbonyl (C=O) groups excluding carboxylic acids is 1. The zero-order valence-electron chi connectivity index (χ0n) is 13.2. The van der Waals surface area contributed by atoms with Crippen LogP contribution in [-0.4, -0.2) is 41.1 Å². The molecule has 4 heteroatoms. The molecule has 1 aromatic rings. The maximum atomic E-state index is 12.3. The van der Waals surface area contributed by atoms with E-state index in [0.29, 0.717) is 12.6 Å². The van der Waals surface area contributed by atoms with Crippen LogP contribution in [0.5, 0.6) is 0 Å². The van der Waals surface area contributed by atoms with Gasteiger partial charge in [-0.2, -0.15) is 0 Å². The molecule has 2 atom stereocenters. The normalized spacial score (nSPS) is 23.0. The summed E-state index contributed by atoms with van der Waals surface area (Å²) in [7, 11) is 0. The van der Waals surface area contributed by atoms with Gasteiger partial charge in [-0.25, -0.2) is 0 Å². The number of aliphatic hydroxyl groups is 1. The zero-order chi connectivity index (χ0) is 15.4. The van der Waals surface area contributed by atoms with Gasteiger partial charge in [0.25, 0.3) is 0 Å². The van der Waals surface area contributed by atoms with Gasteiger partial charge in [0, 0.05) is 17.8 Å². The monoisotopic (exact) mass is 290 g/mol. The molecule has 1 saturated heterocycles. The Hall–Kier alpha value is -1.39. The third-order valence-electron chi connectivity index (χ3n) is 4.39. The highest BCUT2D eigenvalue weighted by atomic mass is 16.3. The first-order valence-electron chi connectivity index (χ1n) is 7.75. The van der Waals surface area contributed by atoms with Gasteiger partial charge in [-0.05, 0) is 45.2 Å². The molecule has 2 N–H and O–H groups in total. The van der Waals surface area contributed by atoms with Crippen molar-refractivity contribution >= 4 is 11.6 Å². The second-order valence-corrected chi connectivity index (χ2v) is 6.16. The molecule has 21 heavy (non-hydrogen) atoms. The molecule has 2 rings (SSSR count). The standard InChI is InChI=1S/C17H26N2O2/c1-12-7-8-16(13(2)9-12)18-17(21)10-19-14(3)5-4-6-15(19)11-20/h7-9,14-15,20H,4-6,10-11H2,1-3H3,(H,18,21). The number of piperidine rings is 1. The number of likely N-dealkylation sites (tertiary alicyclic amines) is 1. The number of rotatable bonds is 4. The summed E-state index contributed by atoms with van der Waals surface area (Å²) in [5.41, 5.74) is 3.14. The Balaban J connectivity index is 2.00. The number of carbonyl (C=O) groups is 1. The van der Waals surface area contributed by atoms with Crippen LogP contribution in [-0.2, 0) is 4.79 Å². The topological polar surface area (TPSA) is 52.6 Å². The van der Waals surface area contributed by atoms with Crippen molar-refractivity contribution in [3.8, 4) is 0 Å². The Morgan fingerprint density at radius 2 is 2.14 bits per heavy atom. The summed E-state index contributed by atoms with van der Waals surface area (Å²) in [4.78, 5) is 14.4. The summed E-state index contributed by atoms with van der Waals surface area (Å²) in [5.74, 6) is -0.00541. The predicted molar refractivity (Wildman–Crippen MR) is 85.4 cm³/mol. The van der Waals surface area contributed by atoms with E-state index in [0.717, 1.165) is 30.5 Å². The maximum absolute atomic E-state index is 12.3. The average molecular weight is 290 g/mol. The molecule has 1 fully saturated rings. The maximum Gasteiger partial charge on any atom is 0.238 e. The Morgan fingerprint density at radius 1 is 1.38 bits per heavy atom. The van der Waals surface area contributed by atoms with E-state index in [1.807, 2.05) is 26.0 Å². The SMILES string of the molecule is Cc1ccc(NC(=O)CN2C(C)CCCC2CO)c(C)c1. The minimum Gasteiger partial charge on any atom is -0.395 e. The summed E-state index contributed by atoms with van der Waals surface area (Å²) >= 11 is 0. The molecule has 0 bridgehead atoms. The molecule has 1 aromatic carbocycles. The van der Waals surface area contributed by atoms with E-state index in [4.69, 9.17) is 0 Å². The van der Waals surface area contributed by atoms with Crippen LogP contribution in [0, 0.1) is 13.8 Å². The molecular weight excluding hydrogens is 264 g/mol. The van der Waals surface area contributed by atoms with Crippen molar-refractivity contribution in [3.63, 3.8) is 0 Å². The molecule has 1 amide bonds. The lowest BCUT2D eigenvalue weighted by molar-refractivity contribution is -0.119. The molecule has 116 valence electrons. The van der Waals surface area contributed by atoms with Crippen molar-refractivity contribution in [2.45, 2.75) is 52.1 Å². The van der Waals surface area contributed by atoms with E-state index in [1.165, 1.54) is 5.56 Å². The summed E-state index contributed by atoms with van der Waals surface area (Å²) in [6.45, 7) is 6.65. The Kier molecular flexibility index (Phi) is 5.37. The predicted octanol–water partition coefficient (Wildman–Crippen LogP) is 2.48. The van der Waals surface area contributed by atoms with Crippen molar-refractivity contribution < 1.29 is 9.90 Å². The van der Waals surface area contributed by atoms with Gasteiger partial charge >= 0.3 is 0 Å². The quantitative estimate of drug-likeness (QED) is 0.895. The van der Waals surface area contributed by atoms with Crippen LogP contribution < -0.4 is 5.32 Å². The van der Waals surface area contributed by atoms with Gasteiger partial charge in [0.05, 0.1) is 13.2 Å². The van der Waals surface area contributed by atoms with Gasteiger partial charge < -0.3 is 10.4 Å². The summed E-state index contributed by atoms with van der Waals surface area (Å²) in [5, 5.41) is 12.5. The second kappa shape index (κ2) is 7.05. The lowest BCUT2D eigenvalue weighted by Crippen LogP contribution is -2.50. The van der Waals surface area contributed by atoms with Crippen LogP contribution in [0.2, 0.25) is 0 Å². The minimum atomic E-state index is -0.00541. The Labute approximate surface area is 127 Å². The first kappa shape index (κ1) is 16.0. The fourth-order valence-corrected chi connectivity index (χ4v) is 3.13. The highest BCUT2D eigenvalue weighted by Gasteiger charge is 2.28. The van der Waals surface area contributed by atoms with E-state index >= 15 is 0 Å². The van der Waals surface area contributed by atoms with Crippen molar-refractivity contribution in [1.82, 2.24) is 4.90 Å². The number of hydrogen-bond donors (Lipinski definition) is 2. The lowest BCUT2D eigenvalue weighted by atomic mass is 9.97. The number of anilines is 1. The molecule has 1 aliphatic heterocycles. The second-order valence-electron chi connectivity index (χ2n) is 6.16. The third-order valence-corrected chi connectivity index (χ3v) is 4.39. The van der Waals surface area contributed by atoms with E-state index < -0.39 is 0 Å². The smallest absolute Gasteiger partial charge is 0.238 e. The fraction of sp³-hybridized carbons (Fsp3) is 0.588. The van der Waals surface area contributed by atoms with Gasteiger partial charge in [-0.3, -0.25) is 9.69 Å². The molecule has 1 heterocycles. The molecule has 2 unspecified atom stereocenters. The number of aliphatic hydroxyl groups excluding tert-OH is 1. The number of aryl methyl sites for hydroxylation is 2. The fourth-order valence-electron chi connectivity index (χ4n) is 3.13. The first-order valence-corrected chi connectivity index (χ1v) is 7.75. The molecular formula is C17H26N2O2.